The molecule has 1 aromatic rings. The van der Waals surface area contributed by atoms with Gasteiger partial charge in [0.05, 0.1) is 0 Å². The molecule has 0 saturated carbocycles. The molecule has 0 aliphatic rings. The van der Waals surface area contributed by atoms with Gasteiger partial charge in [-0.3, -0.25) is 0 Å². The van der Waals surface area contributed by atoms with Crippen LogP contribution in [0.15, 0.2) is 18.2 Å². The van der Waals surface area contributed by atoms with E-state index in [9.17, 15) is 9.18 Å². The van der Waals surface area contributed by atoms with Crippen LogP contribution < -0.4 is 16.0 Å². The van der Waals surface area contributed by atoms with Crippen molar-refractivity contribution in [2.24, 2.45) is 5.73 Å². The van der Waals surface area contributed by atoms with Crippen LogP contribution in [0.5, 0.6) is 0 Å². The molecule has 1 amide bonds. The first-order valence-electron chi connectivity index (χ1n) is 7.26. The van der Waals surface area contributed by atoms with E-state index in [4.69, 9.17) is 10.5 Å². The van der Waals surface area contributed by atoms with Gasteiger partial charge in [0, 0.05) is 32.4 Å². The predicted octanol–water partition coefficient (Wildman–Crippen LogP) is 2.29. The molecular formula is C16H26FN3O2. The molecule has 1 unspecified atom stereocenters. The molecule has 1 aromatic carbocycles. The summed E-state index contributed by atoms with van der Waals surface area (Å²) in [6, 6.07) is 4.29. The zero-order valence-electron chi connectivity index (χ0n) is 13.9. The Kier molecular flexibility index (Phi) is 6.17. The van der Waals surface area contributed by atoms with Crippen molar-refractivity contribution in [1.82, 2.24) is 5.32 Å². The Morgan fingerprint density at radius 3 is 2.59 bits per heavy atom. The average molecular weight is 311 g/mol. The highest BCUT2D eigenvalue weighted by molar-refractivity contribution is 5.67. The van der Waals surface area contributed by atoms with Crippen molar-refractivity contribution < 1.29 is 13.9 Å². The van der Waals surface area contributed by atoms with Gasteiger partial charge in [0.15, 0.2) is 0 Å². The first kappa shape index (κ1) is 18.2. The highest BCUT2D eigenvalue weighted by Crippen LogP contribution is 2.20. The maximum Gasteiger partial charge on any atom is 0.407 e. The van der Waals surface area contributed by atoms with Gasteiger partial charge in [-0.15, -0.1) is 0 Å². The van der Waals surface area contributed by atoms with Crippen LogP contribution in [0.3, 0.4) is 0 Å². The molecule has 6 heteroatoms. The Balaban J connectivity index is 2.60. The highest BCUT2D eigenvalue weighted by atomic mass is 19.1. The standard InChI is InChI=1S/C16H26FN3O2/c1-16(2,3)22-15(21)19-10-13(18)9-11-8-12(17)6-7-14(11)20(4)5/h6-8,13H,9-10,18H2,1-5H3,(H,19,21). The van der Waals surface area contributed by atoms with Crippen molar-refractivity contribution >= 4 is 11.8 Å². The van der Waals surface area contributed by atoms with Gasteiger partial charge in [0.25, 0.3) is 0 Å². The van der Waals surface area contributed by atoms with Crippen molar-refractivity contribution in [1.29, 1.82) is 0 Å². The normalized spacial score (nSPS) is 12.7. The Morgan fingerprint density at radius 2 is 2.05 bits per heavy atom. The summed E-state index contributed by atoms with van der Waals surface area (Å²) in [6.07, 6.45) is -0.0452. The van der Waals surface area contributed by atoms with Crippen LogP contribution in [0.1, 0.15) is 26.3 Å². The number of nitrogens with one attached hydrogen (secondary N) is 1. The fourth-order valence-electron chi connectivity index (χ4n) is 2.04. The summed E-state index contributed by atoms with van der Waals surface area (Å²) in [5.74, 6) is -0.298. The monoisotopic (exact) mass is 311 g/mol. The maximum absolute atomic E-state index is 13.4. The average Bonchev–Trinajstić information content (AvgIpc) is 2.34. The zero-order chi connectivity index (χ0) is 16.9. The Bertz CT molecular complexity index is 513. The topological polar surface area (TPSA) is 67.6 Å². The molecule has 5 nitrogen and oxygen atoms in total. The number of ether oxygens (including phenoxy) is 1. The van der Waals surface area contributed by atoms with Crippen LogP contribution in [0.2, 0.25) is 0 Å². The van der Waals surface area contributed by atoms with Gasteiger partial charge in [0.2, 0.25) is 0 Å². The molecule has 1 atom stereocenters. The minimum absolute atomic E-state index is 0.262. The molecule has 0 bridgehead atoms. The highest BCUT2D eigenvalue weighted by Gasteiger charge is 2.17. The number of hydrogen-bond acceptors (Lipinski definition) is 4. The molecule has 0 heterocycles. The number of rotatable bonds is 5. The number of hydrogen-bond donors (Lipinski definition) is 2. The van der Waals surface area contributed by atoms with E-state index in [1.807, 2.05) is 19.0 Å². The van der Waals surface area contributed by atoms with Gasteiger partial charge >= 0.3 is 6.09 Å². The molecule has 0 aliphatic heterocycles. The van der Waals surface area contributed by atoms with Crippen LogP contribution in [0, 0.1) is 5.82 Å². The van der Waals surface area contributed by atoms with Gasteiger partial charge in [-0.1, -0.05) is 0 Å². The third-order valence-corrected chi connectivity index (χ3v) is 2.91. The van der Waals surface area contributed by atoms with Crippen LogP contribution in [-0.4, -0.2) is 38.4 Å². The van der Waals surface area contributed by atoms with Crippen molar-refractivity contribution in [3.63, 3.8) is 0 Å². The van der Waals surface area contributed by atoms with E-state index in [-0.39, 0.29) is 18.4 Å². The van der Waals surface area contributed by atoms with E-state index >= 15 is 0 Å². The molecular weight excluding hydrogens is 285 g/mol. The van der Waals surface area contributed by atoms with Gasteiger partial charge in [-0.25, -0.2) is 9.18 Å². The Morgan fingerprint density at radius 1 is 1.41 bits per heavy atom. The van der Waals surface area contributed by atoms with E-state index in [0.29, 0.717) is 6.42 Å². The van der Waals surface area contributed by atoms with Gasteiger partial charge in [-0.05, 0) is 51.0 Å². The van der Waals surface area contributed by atoms with Gasteiger partial charge in [-0.2, -0.15) is 0 Å². The van der Waals surface area contributed by atoms with Crippen LogP contribution >= 0.6 is 0 Å². The van der Waals surface area contributed by atoms with E-state index in [2.05, 4.69) is 5.32 Å². The maximum atomic E-state index is 13.4. The minimum atomic E-state index is -0.547. The molecule has 0 aromatic heterocycles. The summed E-state index contributed by atoms with van der Waals surface area (Å²) >= 11 is 0. The second kappa shape index (κ2) is 7.45. The lowest BCUT2D eigenvalue weighted by Gasteiger charge is -2.22. The summed E-state index contributed by atoms with van der Waals surface area (Å²) < 4.78 is 18.6. The number of carbonyl (C=O) groups is 1. The first-order chi connectivity index (χ1) is 10.1. The molecule has 0 saturated heterocycles. The summed E-state index contributed by atoms with van der Waals surface area (Å²) in [5, 5.41) is 2.63. The van der Waals surface area contributed by atoms with Crippen LogP contribution in [0.25, 0.3) is 0 Å². The van der Waals surface area contributed by atoms with E-state index in [0.717, 1.165) is 11.3 Å². The third-order valence-electron chi connectivity index (χ3n) is 2.91. The molecule has 22 heavy (non-hydrogen) atoms. The molecule has 0 aliphatic carbocycles. The molecule has 124 valence electrons. The summed E-state index contributed by atoms with van der Waals surface area (Å²) in [7, 11) is 3.78. The summed E-state index contributed by atoms with van der Waals surface area (Å²) in [6.45, 7) is 5.64. The number of nitrogens with zero attached hydrogens (tertiary/aromatic N) is 1. The van der Waals surface area contributed by atoms with Gasteiger partial charge < -0.3 is 20.7 Å². The summed E-state index contributed by atoms with van der Waals surface area (Å²) in [4.78, 5) is 13.5. The van der Waals surface area contributed by atoms with E-state index in [1.54, 1.807) is 26.8 Å². The van der Waals surface area contributed by atoms with Crippen LogP contribution in [0.4, 0.5) is 14.9 Å². The molecule has 1 rings (SSSR count). The molecule has 0 radical (unpaired) electrons. The SMILES string of the molecule is CN(C)c1ccc(F)cc1CC(N)CNC(=O)OC(C)(C)C. The number of halogens is 1. The fourth-order valence-corrected chi connectivity index (χ4v) is 2.04. The van der Waals surface area contributed by atoms with Crippen molar-refractivity contribution in [3.8, 4) is 0 Å². The number of carbonyl (C=O) groups excluding carboxylic acids is 1. The number of alkyl carbamates (subject to hydrolysis) is 1. The largest absolute Gasteiger partial charge is 0.444 e. The lowest BCUT2D eigenvalue weighted by atomic mass is 10.0. The molecule has 3 N–H and O–H groups in total. The Hall–Kier alpha value is -1.82. The lowest BCUT2D eigenvalue weighted by Crippen LogP contribution is -2.41. The predicted molar refractivity (Wildman–Crippen MR) is 86.6 cm³/mol. The number of nitrogens with two attached hydrogens (primary N) is 1. The quantitative estimate of drug-likeness (QED) is 0.875. The van der Waals surface area contributed by atoms with Crippen molar-refractivity contribution in [2.45, 2.75) is 38.8 Å². The van der Waals surface area contributed by atoms with E-state index < -0.39 is 11.7 Å². The lowest BCUT2D eigenvalue weighted by molar-refractivity contribution is 0.0524. The van der Waals surface area contributed by atoms with Gasteiger partial charge in [0.1, 0.15) is 11.4 Å². The number of amides is 1. The second-order valence-corrected chi connectivity index (χ2v) is 6.51. The third kappa shape index (κ3) is 6.30. The summed E-state index contributed by atoms with van der Waals surface area (Å²) in [5.41, 5.74) is 7.20. The van der Waals surface area contributed by atoms with E-state index in [1.165, 1.54) is 12.1 Å². The van der Waals surface area contributed by atoms with Crippen LogP contribution in [-0.2, 0) is 11.2 Å². The van der Waals surface area contributed by atoms with Crippen molar-refractivity contribution in [3.05, 3.63) is 29.6 Å². The fraction of sp³-hybridized carbons (Fsp3) is 0.562. The first-order valence-corrected chi connectivity index (χ1v) is 7.26. The number of benzene rings is 1. The smallest absolute Gasteiger partial charge is 0.407 e. The minimum Gasteiger partial charge on any atom is -0.444 e. The molecule has 0 spiro atoms. The molecule has 0 fully saturated rings. The number of anilines is 1. The second-order valence-electron chi connectivity index (χ2n) is 6.51. The zero-order valence-corrected chi connectivity index (χ0v) is 13.9. The Labute approximate surface area is 131 Å². The van der Waals surface area contributed by atoms with Crippen molar-refractivity contribution in [2.75, 3.05) is 25.5 Å².